The molecule has 158 valence electrons. The van der Waals surface area contributed by atoms with Crippen LogP contribution in [0.25, 0.3) is 20.8 Å². The molecule has 2 N–H and O–H groups in total. The third-order valence-electron chi connectivity index (χ3n) is 4.52. The van der Waals surface area contributed by atoms with Gasteiger partial charge in [-0.05, 0) is 61.5 Å². The second-order valence-corrected chi connectivity index (χ2v) is 10.0. The summed E-state index contributed by atoms with van der Waals surface area (Å²) in [4.78, 5) is 17.1. The summed E-state index contributed by atoms with van der Waals surface area (Å²) in [5.41, 5.74) is 2.44. The van der Waals surface area contributed by atoms with Crippen molar-refractivity contribution in [1.29, 1.82) is 0 Å². The van der Waals surface area contributed by atoms with E-state index < -0.39 is 22.0 Å². The molecule has 0 saturated heterocycles. The maximum Gasteiger partial charge on any atom is 0.242 e. The molecule has 0 unspecified atom stereocenters. The first-order valence-electron chi connectivity index (χ1n) is 9.36. The van der Waals surface area contributed by atoms with Crippen molar-refractivity contribution in [3.8, 4) is 10.6 Å². The monoisotopic (exact) mass is 471 g/mol. The Labute approximate surface area is 189 Å². The fourth-order valence-corrected chi connectivity index (χ4v) is 5.41. The zero-order valence-electron chi connectivity index (χ0n) is 16.4. The van der Waals surface area contributed by atoms with Crippen LogP contribution in [0.2, 0.25) is 5.02 Å². The maximum absolute atomic E-state index is 12.5. The molecule has 4 aromatic rings. The summed E-state index contributed by atoms with van der Waals surface area (Å²) >= 11 is 7.46. The van der Waals surface area contributed by atoms with Crippen molar-refractivity contribution in [2.45, 2.75) is 17.9 Å². The number of benzene rings is 3. The minimum absolute atomic E-state index is 0.000150. The normalized spacial score (nSPS) is 12.6. The predicted octanol–water partition coefficient (Wildman–Crippen LogP) is 4.92. The Bertz CT molecular complexity index is 1320. The van der Waals surface area contributed by atoms with Gasteiger partial charge in [-0.3, -0.25) is 4.79 Å². The van der Waals surface area contributed by atoms with E-state index in [1.807, 2.05) is 36.4 Å². The van der Waals surface area contributed by atoms with Crippen molar-refractivity contribution in [2.75, 3.05) is 5.32 Å². The van der Waals surface area contributed by atoms with Crippen molar-refractivity contribution < 1.29 is 13.2 Å². The zero-order chi connectivity index (χ0) is 22.0. The van der Waals surface area contributed by atoms with Gasteiger partial charge in [-0.15, -0.1) is 11.3 Å². The van der Waals surface area contributed by atoms with Gasteiger partial charge in [0.25, 0.3) is 0 Å². The highest BCUT2D eigenvalue weighted by atomic mass is 35.5. The third kappa shape index (κ3) is 4.94. The first-order valence-corrected chi connectivity index (χ1v) is 12.0. The molecule has 0 aliphatic carbocycles. The molecule has 0 fully saturated rings. The molecule has 31 heavy (non-hydrogen) atoms. The van der Waals surface area contributed by atoms with Crippen molar-refractivity contribution in [2.24, 2.45) is 0 Å². The Morgan fingerprint density at radius 2 is 1.77 bits per heavy atom. The van der Waals surface area contributed by atoms with Crippen LogP contribution in [0, 0.1) is 0 Å². The Morgan fingerprint density at radius 3 is 2.48 bits per heavy atom. The van der Waals surface area contributed by atoms with Crippen molar-refractivity contribution >= 4 is 54.8 Å². The van der Waals surface area contributed by atoms with Crippen LogP contribution < -0.4 is 10.0 Å². The van der Waals surface area contributed by atoms with E-state index in [4.69, 9.17) is 11.6 Å². The molecule has 6 nitrogen and oxygen atoms in total. The number of aromatic nitrogens is 1. The van der Waals surface area contributed by atoms with Gasteiger partial charge < -0.3 is 5.32 Å². The van der Waals surface area contributed by atoms with E-state index in [0.717, 1.165) is 20.8 Å². The van der Waals surface area contributed by atoms with Crippen LogP contribution in [0.4, 0.5) is 5.69 Å². The number of carbonyl (C=O) groups excluding carboxylic acids is 1. The van der Waals surface area contributed by atoms with Crippen LogP contribution >= 0.6 is 22.9 Å². The second kappa shape index (κ2) is 8.76. The van der Waals surface area contributed by atoms with Crippen LogP contribution in [0.5, 0.6) is 0 Å². The molecular formula is C22H18ClN3O3S2. The van der Waals surface area contributed by atoms with Gasteiger partial charge in [-0.25, -0.2) is 13.4 Å². The van der Waals surface area contributed by atoms with Crippen LogP contribution in [0.3, 0.4) is 0 Å². The van der Waals surface area contributed by atoms with Crippen molar-refractivity contribution in [3.63, 3.8) is 0 Å². The van der Waals surface area contributed by atoms with E-state index in [-0.39, 0.29) is 4.90 Å². The Hall–Kier alpha value is -2.78. The topological polar surface area (TPSA) is 88.2 Å². The quantitative estimate of drug-likeness (QED) is 0.417. The summed E-state index contributed by atoms with van der Waals surface area (Å²) in [6, 6.07) is 20.1. The summed E-state index contributed by atoms with van der Waals surface area (Å²) in [7, 11) is -3.88. The summed E-state index contributed by atoms with van der Waals surface area (Å²) in [5, 5.41) is 3.91. The van der Waals surface area contributed by atoms with Gasteiger partial charge in [-0.2, -0.15) is 4.72 Å². The van der Waals surface area contributed by atoms with Gasteiger partial charge in [0.2, 0.25) is 15.9 Å². The Kier molecular flexibility index (Phi) is 6.06. The molecule has 1 aromatic heterocycles. The van der Waals surface area contributed by atoms with E-state index in [2.05, 4.69) is 15.0 Å². The predicted molar refractivity (Wildman–Crippen MR) is 125 cm³/mol. The number of carbonyl (C=O) groups is 1. The number of nitrogens with one attached hydrogen (secondary N) is 2. The van der Waals surface area contributed by atoms with E-state index in [1.54, 1.807) is 29.5 Å². The molecule has 9 heteroatoms. The number of halogens is 1. The van der Waals surface area contributed by atoms with Gasteiger partial charge >= 0.3 is 0 Å². The van der Waals surface area contributed by atoms with Gasteiger partial charge in [0, 0.05) is 16.3 Å². The second-order valence-electron chi connectivity index (χ2n) is 6.85. The lowest BCUT2D eigenvalue weighted by Gasteiger charge is -2.15. The first kappa shape index (κ1) is 21.5. The lowest BCUT2D eigenvalue weighted by Crippen LogP contribution is -2.41. The molecule has 0 bridgehead atoms. The average Bonchev–Trinajstić information content (AvgIpc) is 3.18. The van der Waals surface area contributed by atoms with E-state index >= 15 is 0 Å². The minimum Gasteiger partial charge on any atom is -0.325 e. The standard InChI is InChI=1S/C22H18ClN3O3S2/c1-14(26-31(28,29)18-6-4-5-16(23)13-18)21(27)24-17-11-9-15(10-12-17)22-25-19-7-2-3-8-20(19)30-22/h2-14,26H,1H3,(H,24,27)/t14-/m0/s1. The molecule has 3 aromatic carbocycles. The SMILES string of the molecule is C[C@H](NS(=O)(=O)c1cccc(Cl)c1)C(=O)Nc1ccc(-c2nc3ccccc3s2)cc1. The highest BCUT2D eigenvalue weighted by Crippen LogP contribution is 2.30. The molecule has 1 atom stereocenters. The van der Waals surface area contributed by atoms with Crippen LogP contribution in [0.15, 0.2) is 77.7 Å². The number of nitrogens with zero attached hydrogens (tertiary/aromatic N) is 1. The minimum atomic E-state index is -3.88. The molecule has 1 amide bonds. The van der Waals surface area contributed by atoms with Crippen LogP contribution in [-0.4, -0.2) is 25.4 Å². The summed E-state index contributed by atoms with van der Waals surface area (Å²) in [6.07, 6.45) is 0. The number of hydrogen-bond acceptors (Lipinski definition) is 5. The zero-order valence-corrected chi connectivity index (χ0v) is 18.8. The highest BCUT2D eigenvalue weighted by Gasteiger charge is 2.22. The molecule has 0 aliphatic heterocycles. The number of anilines is 1. The number of thiazole rings is 1. The number of hydrogen-bond donors (Lipinski definition) is 2. The molecule has 0 saturated carbocycles. The lowest BCUT2D eigenvalue weighted by atomic mass is 10.2. The maximum atomic E-state index is 12.5. The highest BCUT2D eigenvalue weighted by molar-refractivity contribution is 7.89. The third-order valence-corrected chi connectivity index (χ3v) is 7.38. The summed E-state index contributed by atoms with van der Waals surface area (Å²) < 4.78 is 28.4. The van der Waals surface area contributed by atoms with Gasteiger partial charge in [0.05, 0.1) is 21.2 Å². The van der Waals surface area contributed by atoms with Gasteiger partial charge in [0.15, 0.2) is 0 Å². The molecule has 1 heterocycles. The molecule has 0 spiro atoms. The smallest absolute Gasteiger partial charge is 0.242 e. The van der Waals surface area contributed by atoms with Crippen molar-refractivity contribution in [3.05, 3.63) is 77.8 Å². The molecule has 4 rings (SSSR count). The fraction of sp³-hybridized carbons (Fsp3) is 0.0909. The number of para-hydroxylation sites is 1. The Balaban J connectivity index is 1.43. The van der Waals surface area contributed by atoms with Gasteiger partial charge in [0.1, 0.15) is 5.01 Å². The van der Waals surface area contributed by atoms with E-state index in [9.17, 15) is 13.2 Å². The van der Waals surface area contributed by atoms with Crippen LogP contribution in [-0.2, 0) is 14.8 Å². The van der Waals surface area contributed by atoms with E-state index in [0.29, 0.717) is 10.7 Å². The fourth-order valence-electron chi connectivity index (χ4n) is 2.93. The average molecular weight is 472 g/mol. The Morgan fingerprint density at radius 1 is 1.03 bits per heavy atom. The number of amides is 1. The first-order chi connectivity index (χ1) is 14.8. The van der Waals surface area contributed by atoms with Crippen molar-refractivity contribution in [1.82, 2.24) is 9.71 Å². The van der Waals surface area contributed by atoms with Crippen LogP contribution in [0.1, 0.15) is 6.92 Å². The summed E-state index contributed by atoms with van der Waals surface area (Å²) in [5.74, 6) is -0.474. The summed E-state index contributed by atoms with van der Waals surface area (Å²) in [6.45, 7) is 1.48. The number of fused-ring (bicyclic) bond motifs is 1. The molecule has 0 aliphatic rings. The number of sulfonamides is 1. The van der Waals surface area contributed by atoms with E-state index in [1.165, 1.54) is 25.1 Å². The van der Waals surface area contributed by atoms with Gasteiger partial charge in [-0.1, -0.05) is 29.8 Å². The molecular weight excluding hydrogens is 454 g/mol. The molecule has 0 radical (unpaired) electrons. The largest absolute Gasteiger partial charge is 0.325 e. The lowest BCUT2D eigenvalue weighted by molar-refractivity contribution is -0.117. The number of rotatable bonds is 6.